The van der Waals surface area contributed by atoms with Gasteiger partial charge in [0.2, 0.25) is 0 Å². The smallest absolute Gasteiger partial charge is 0.122 e. The fourth-order valence-corrected chi connectivity index (χ4v) is 3.40. The van der Waals surface area contributed by atoms with Gasteiger partial charge in [0, 0.05) is 12.7 Å². The lowest BCUT2D eigenvalue weighted by molar-refractivity contribution is 0.120. The summed E-state index contributed by atoms with van der Waals surface area (Å²) in [6.07, 6.45) is 5.65. The molecule has 0 amide bonds. The Kier molecular flexibility index (Phi) is 5.29. The molecule has 2 heterocycles. The molecule has 1 fully saturated rings. The van der Waals surface area contributed by atoms with E-state index in [1.165, 1.54) is 36.1 Å². The topological polar surface area (TPSA) is 25.4 Å². The van der Waals surface area contributed by atoms with Crippen molar-refractivity contribution in [3.05, 3.63) is 59.4 Å². The molecule has 0 spiro atoms. The van der Waals surface area contributed by atoms with Crippen LogP contribution in [0, 0.1) is 13.8 Å². The maximum atomic E-state index is 6.02. The molecule has 1 saturated heterocycles. The Morgan fingerprint density at radius 1 is 1.17 bits per heavy atom. The van der Waals surface area contributed by atoms with Crippen molar-refractivity contribution in [3.63, 3.8) is 0 Å². The average molecular weight is 310 g/mol. The van der Waals surface area contributed by atoms with Crippen molar-refractivity contribution < 1.29 is 4.74 Å². The van der Waals surface area contributed by atoms with E-state index in [-0.39, 0.29) is 0 Å². The van der Waals surface area contributed by atoms with Crippen LogP contribution in [0.25, 0.3) is 0 Å². The minimum atomic E-state index is 0.438. The molecule has 23 heavy (non-hydrogen) atoms. The van der Waals surface area contributed by atoms with Crippen LogP contribution in [0.1, 0.15) is 42.1 Å². The highest BCUT2D eigenvalue weighted by molar-refractivity contribution is 5.35. The maximum absolute atomic E-state index is 6.02. The maximum Gasteiger partial charge on any atom is 0.122 e. The van der Waals surface area contributed by atoms with Crippen molar-refractivity contribution in [1.29, 1.82) is 0 Å². The third kappa shape index (κ3) is 4.11. The van der Waals surface area contributed by atoms with Crippen LogP contribution in [0.15, 0.2) is 42.6 Å². The van der Waals surface area contributed by atoms with Gasteiger partial charge in [0.25, 0.3) is 0 Å². The Bertz CT molecular complexity index is 627. The predicted octanol–water partition coefficient (Wildman–Crippen LogP) is 4.30. The molecule has 2 aromatic rings. The number of piperidine rings is 1. The van der Waals surface area contributed by atoms with Gasteiger partial charge in [-0.05, 0) is 57.0 Å². The minimum absolute atomic E-state index is 0.438. The number of pyridine rings is 1. The number of benzene rings is 1. The van der Waals surface area contributed by atoms with Crippen molar-refractivity contribution in [2.75, 3.05) is 19.7 Å². The van der Waals surface area contributed by atoms with Crippen LogP contribution in [0.2, 0.25) is 0 Å². The molecule has 3 heteroatoms. The van der Waals surface area contributed by atoms with Gasteiger partial charge in [-0.15, -0.1) is 0 Å². The number of hydrogen-bond donors (Lipinski definition) is 0. The fraction of sp³-hybridized carbons (Fsp3) is 0.450. The number of hydrogen-bond acceptors (Lipinski definition) is 3. The van der Waals surface area contributed by atoms with Crippen molar-refractivity contribution in [2.45, 2.75) is 39.2 Å². The normalized spacial score (nSPS) is 18.8. The first-order chi connectivity index (χ1) is 11.2. The monoisotopic (exact) mass is 310 g/mol. The lowest BCUT2D eigenvalue weighted by Crippen LogP contribution is -2.36. The molecule has 1 atom stereocenters. The van der Waals surface area contributed by atoms with Gasteiger partial charge < -0.3 is 4.74 Å². The van der Waals surface area contributed by atoms with Crippen LogP contribution in [0.3, 0.4) is 0 Å². The quantitative estimate of drug-likeness (QED) is 0.823. The summed E-state index contributed by atoms with van der Waals surface area (Å²) in [6, 6.07) is 13.0. The second-order valence-corrected chi connectivity index (χ2v) is 6.42. The number of likely N-dealkylation sites (tertiary alicyclic amines) is 1. The zero-order valence-electron chi connectivity index (χ0n) is 14.2. The molecule has 0 saturated carbocycles. The molecule has 1 aromatic carbocycles. The SMILES string of the molecule is Cc1ccc(OCCN2CCCC[C@H]2c2ccccn2)c(C)c1. The Balaban J connectivity index is 1.59. The van der Waals surface area contributed by atoms with Crippen molar-refractivity contribution in [3.8, 4) is 5.75 Å². The van der Waals surface area contributed by atoms with E-state index in [1.807, 2.05) is 12.3 Å². The summed E-state index contributed by atoms with van der Waals surface area (Å²) in [6.45, 7) is 7.04. The van der Waals surface area contributed by atoms with E-state index < -0.39 is 0 Å². The number of ether oxygens (including phenoxy) is 1. The largest absolute Gasteiger partial charge is 0.492 e. The molecule has 0 unspecified atom stereocenters. The lowest BCUT2D eigenvalue weighted by Gasteiger charge is -2.35. The molecule has 3 nitrogen and oxygen atoms in total. The molecule has 1 aromatic heterocycles. The van der Waals surface area contributed by atoms with Crippen LogP contribution in [-0.2, 0) is 0 Å². The summed E-state index contributed by atoms with van der Waals surface area (Å²) in [5.74, 6) is 1.00. The van der Waals surface area contributed by atoms with Crippen molar-refractivity contribution in [2.24, 2.45) is 0 Å². The Morgan fingerprint density at radius 2 is 2.09 bits per heavy atom. The zero-order valence-corrected chi connectivity index (χ0v) is 14.2. The van der Waals surface area contributed by atoms with Crippen LogP contribution < -0.4 is 4.74 Å². The lowest BCUT2D eigenvalue weighted by atomic mass is 9.99. The number of aromatic nitrogens is 1. The van der Waals surface area contributed by atoms with Gasteiger partial charge in [0.15, 0.2) is 0 Å². The van der Waals surface area contributed by atoms with E-state index in [9.17, 15) is 0 Å². The molecule has 0 aliphatic carbocycles. The summed E-state index contributed by atoms with van der Waals surface area (Å²) < 4.78 is 6.02. The Hall–Kier alpha value is -1.87. The van der Waals surface area contributed by atoms with Crippen molar-refractivity contribution in [1.82, 2.24) is 9.88 Å². The number of rotatable bonds is 5. The molecule has 3 rings (SSSR count). The van der Waals surface area contributed by atoms with Gasteiger partial charge in [-0.25, -0.2) is 0 Å². The summed E-state index contributed by atoms with van der Waals surface area (Å²) >= 11 is 0. The van der Waals surface area contributed by atoms with E-state index in [2.05, 4.69) is 54.1 Å². The van der Waals surface area contributed by atoms with Crippen LogP contribution >= 0.6 is 0 Å². The van der Waals surface area contributed by atoms with Gasteiger partial charge in [0.1, 0.15) is 12.4 Å². The van der Waals surface area contributed by atoms with E-state index in [4.69, 9.17) is 4.74 Å². The van der Waals surface area contributed by atoms with Gasteiger partial charge in [-0.1, -0.05) is 30.2 Å². The highest BCUT2D eigenvalue weighted by atomic mass is 16.5. The Labute approximate surface area is 139 Å². The first kappa shape index (κ1) is 16.0. The Morgan fingerprint density at radius 3 is 2.87 bits per heavy atom. The van der Waals surface area contributed by atoms with Gasteiger partial charge in [-0.3, -0.25) is 9.88 Å². The first-order valence-corrected chi connectivity index (χ1v) is 8.59. The molecular weight excluding hydrogens is 284 g/mol. The summed E-state index contributed by atoms with van der Waals surface area (Å²) in [7, 11) is 0. The van der Waals surface area contributed by atoms with E-state index in [1.54, 1.807) is 0 Å². The third-order valence-corrected chi connectivity index (χ3v) is 4.61. The predicted molar refractivity (Wildman–Crippen MR) is 93.8 cm³/mol. The highest BCUT2D eigenvalue weighted by Gasteiger charge is 2.24. The molecule has 0 radical (unpaired) electrons. The standard InChI is InChI=1S/C20H26N2O/c1-16-9-10-20(17(2)15-16)23-14-13-22-12-6-4-8-19(22)18-7-3-5-11-21-18/h3,5,7,9-11,15,19H,4,6,8,12-14H2,1-2H3/t19-/m0/s1. The minimum Gasteiger partial charge on any atom is -0.492 e. The second-order valence-electron chi connectivity index (χ2n) is 6.42. The zero-order chi connectivity index (χ0) is 16.1. The first-order valence-electron chi connectivity index (χ1n) is 8.59. The molecular formula is C20H26N2O. The van der Waals surface area contributed by atoms with Gasteiger partial charge >= 0.3 is 0 Å². The van der Waals surface area contributed by atoms with Gasteiger partial charge in [-0.2, -0.15) is 0 Å². The van der Waals surface area contributed by atoms with Crippen molar-refractivity contribution >= 4 is 0 Å². The molecule has 1 aliphatic rings. The highest BCUT2D eigenvalue weighted by Crippen LogP contribution is 2.29. The molecule has 122 valence electrons. The second kappa shape index (κ2) is 7.60. The van der Waals surface area contributed by atoms with Crippen LogP contribution in [0.5, 0.6) is 5.75 Å². The van der Waals surface area contributed by atoms with Gasteiger partial charge in [0.05, 0.1) is 11.7 Å². The molecule has 0 N–H and O–H groups in total. The van der Waals surface area contributed by atoms with Crippen LogP contribution in [-0.4, -0.2) is 29.6 Å². The third-order valence-electron chi connectivity index (χ3n) is 4.61. The molecule has 1 aliphatic heterocycles. The summed E-state index contributed by atoms with van der Waals surface area (Å²) in [5, 5.41) is 0. The summed E-state index contributed by atoms with van der Waals surface area (Å²) in [4.78, 5) is 7.08. The van der Waals surface area contributed by atoms with E-state index >= 15 is 0 Å². The number of nitrogens with zero attached hydrogens (tertiary/aromatic N) is 2. The summed E-state index contributed by atoms with van der Waals surface area (Å²) in [5.41, 5.74) is 3.68. The molecule has 0 bridgehead atoms. The van der Waals surface area contributed by atoms with Crippen LogP contribution in [0.4, 0.5) is 0 Å². The van der Waals surface area contributed by atoms with E-state index in [0.29, 0.717) is 6.04 Å². The number of aryl methyl sites for hydroxylation is 2. The average Bonchev–Trinajstić information content (AvgIpc) is 2.58. The van der Waals surface area contributed by atoms with E-state index in [0.717, 1.165) is 25.4 Å². The fourth-order valence-electron chi connectivity index (χ4n) is 3.40.